The number of unbranched alkanes of at least 4 members (excludes halogenated alkanes) is 2. The van der Waals surface area contributed by atoms with Crippen molar-refractivity contribution in [2.24, 2.45) is 0 Å². The van der Waals surface area contributed by atoms with Crippen LogP contribution in [0.1, 0.15) is 65.0 Å². The number of nitro groups is 1. The summed E-state index contributed by atoms with van der Waals surface area (Å²) >= 11 is 0. The van der Waals surface area contributed by atoms with Gasteiger partial charge in [0.25, 0.3) is 0 Å². The summed E-state index contributed by atoms with van der Waals surface area (Å²) in [6.45, 7) is 7.57. The first-order chi connectivity index (χ1) is 15.2. The van der Waals surface area contributed by atoms with Gasteiger partial charge in [0, 0.05) is 11.8 Å². The molecule has 10 heteroatoms. The fourth-order valence-electron chi connectivity index (χ4n) is 3.40. The predicted molar refractivity (Wildman–Crippen MR) is 118 cm³/mol. The Morgan fingerprint density at radius 1 is 1.25 bits per heavy atom. The monoisotopic (exact) mass is 449 g/mol. The molecule has 1 aromatic rings. The number of hydrogen-bond acceptors (Lipinski definition) is 7. The van der Waals surface area contributed by atoms with Crippen LogP contribution in [-0.4, -0.2) is 36.7 Å². The molecule has 2 rings (SSSR count). The number of urea groups is 1. The smallest absolute Gasteiger partial charge is 0.338 e. The molecular weight excluding hydrogens is 418 g/mol. The summed E-state index contributed by atoms with van der Waals surface area (Å²) in [6.07, 6.45) is 2.65. The second-order valence-corrected chi connectivity index (χ2v) is 7.62. The van der Waals surface area contributed by atoms with Crippen molar-refractivity contribution in [2.75, 3.05) is 13.7 Å². The average Bonchev–Trinajstić information content (AvgIpc) is 2.74. The minimum Gasteiger partial charge on any atom is -0.493 e. The van der Waals surface area contributed by atoms with E-state index in [2.05, 4.69) is 10.6 Å². The van der Waals surface area contributed by atoms with E-state index in [1.165, 1.54) is 19.2 Å². The number of methoxy groups -OCH3 is 1. The molecular formula is C22H31N3O7. The maximum absolute atomic E-state index is 12.9. The molecule has 1 aliphatic rings. The highest BCUT2D eigenvalue weighted by molar-refractivity contribution is 5.95. The molecule has 1 aromatic carbocycles. The van der Waals surface area contributed by atoms with Crippen LogP contribution in [0.5, 0.6) is 11.5 Å². The number of hydrogen-bond donors (Lipinski definition) is 2. The summed E-state index contributed by atoms with van der Waals surface area (Å²) in [6, 6.07) is 1.36. The van der Waals surface area contributed by atoms with Gasteiger partial charge in [-0.05, 0) is 38.3 Å². The zero-order valence-electron chi connectivity index (χ0n) is 19.1. The van der Waals surface area contributed by atoms with E-state index in [0.717, 1.165) is 19.3 Å². The van der Waals surface area contributed by atoms with E-state index in [0.29, 0.717) is 24.3 Å². The molecule has 2 amide bonds. The summed E-state index contributed by atoms with van der Waals surface area (Å²) < 4.78 is 16.4. The molecule has 0 radical (unpaired) electrons. The zero-order valence-corrected chi connectivity index (χ0v) is 19.1. The highest BCUT2D eigenvalue weighted by atomic mass is 16.6. The molecule has 0 aromatic heterocycles. The number of benzene rings is 1. The van der Waals surface area contributed by atoms with Gasteiger partial charge in [0.05, 0.1) is 36.4 Å². The van der Waals surface area contributed by atoms with Crippen LogP contribution in [0.3, 0.4) is 0 Å². The van der Waals surface area contributed by atoms with Crippen molar-refractivity contribution in [3.63, 3.8) is 0 Å². The molecule has 32 heavy (non-hydrogen) atoms. The number of ether oxygens (including phenoxy) is 3. The molecule has 176 valence electrons. The lowest BCUT2D eigenvalue weighted by Gasteiger charge is -2.29. The number of nitro benzene ring substituents is 1. The number of amides is 2. The van der Waals surface area contributed by atoms with Crippen molar-refractivity contribution in [3.05, 3.63) is 39.1 Å². The standard InChI is InChI=1S/C22H31N3O7/c1-6-8-9-10-31-20-16(25(28)29)11-14(12-17(20)30-5)19-18(21(26)32-13(3)4)15(7-2)23-22(27)24-19/h11-13,19H,6-10H2,1-5H3,(H2,23,24,27). The van der Waals surface area contributed by atoms with Crippen LogP contribution in [-0.2, 0) is 9.53 Å². The van der Waals surface area contributed by atoms with E-state index in [9.17, 15) is 19.7 Å². The fraction of sp³-hybridized carbons (Fsp3) is 0.545. The lowest BCUT2D eigenvalue weighted by molar-refractivity contribution is -0.386. The van der Waals surface area contributed by atoms with Crippen molar-refractivity contribution in [1.82, 2.24) is 10.6 Å². The lowest BCUT2D eigenvalue weighted by atomic mass is 9.93. The highest BCUT2D eigenvalue weighted by Crippen LogP contribution is 2.42. The molecule has 10 nitrogen and oxygen atoms in total. The number of nitrogens with zero attached hydrogens (tertiary/aromatic N) is 1. The van der Waals surface area contributed by atoms with Gasteiger partial charge in [0.1, 0.15) is 0 Å². The summed E-state index contributed by atoms with van der Waals surface area (Å²) in [5, 5.41) is 17.1. The molecule has 1 unspecified atom stereocenters. The molecule has 0 aliphatic carbocycles. The molecule has 0 fully saturated rings. The van der Waals surface area contributed by atoms with Gasteiger partial charge in [-0.25, -0.2) is 9.59 Å². The third kappa shape index (κ3) is 5.89. The first-order valence-electron chi connectivity index (χ1n) is 10.7. The van der Waals surface area contributed by atoms with Gasteiger partial charge < -0.3 is 24.8 Å². The average molecular weight is 450 g/mol. The number of carbonyl (C=O) groups is 2. The van der Waals surface area contributed by atoms with E-state index in [-0.39, 0.29) is 28.9 Å². The van der Waals surface area contributed by atoms with Gasteiger partial charge in [-0.2, -0.15) is 0 Å². The quantitative estimate of drug-likeness (QED) is 0.225. The normalized spacial score (nSPS) is 15.8. The summed E-state index contributed by atoms with van der Waals surface area (Å²) in [5.41, 5.74) is 0.587. The number of carbonyl (C=O) groups excluding carboxylic acids is 2. The van der Waals surface area contributed by atoms with Crippen LogP contribution in [0.15, 0.2) is 23.4 Å². The number of esters is 1. The van der Waals surface area contributed by atoms with Crippen molar-refractivity contribution >= 4 is 17.7 Å². The van der Waals surface area contributed by atoms with Crippen molar-refractivity contribution in [1.29, 1.82) is 0 Å². The summed E-state index contributed by atoms with van der Waals surface area (Å²) in [7, 11) is 1.38. The Hall–Kier alpha value is -3.30. The van der Waals surface area contributed by atoms with E-state index < -0.39 is 23.0 Å². The fourth-order valence-corrected chi connectivity index (χ4v) is 3.40. The van der Waals surface area contributed by atoms with Gasteiger partial charge in [-0.15, -0.1) is 0 Å². The summed E-state index contributed by atoms with van der Waals surface area (Å²) in [4.78, 5) is 36.4. The molecule has 2 N–H and O–H groups in total. The Morgan fingerprint density at radius 3 is 2.53 bits per heavy atom. The second-order valence-electron chi connectivity index (χ2n) is 7.62. The first kappa shape index (κ1) is 25.0. The second kappa shape index (κ2) is 11.4. The van der Waals surface area contributed by atoms with Crippen LogP contribution < -0.4 is 20.1 Å². The molecule has 0 saturated carbocycles. The van der Waals surface area contributed by atoms with Crippen molar-refractivity contribution in [3.8, 4) is 11.5 Å². The van der Waals surface area contributed by atoms with Crippen LogP contribution in [0.2, 0.25) is 0 Å². The molecule has 0 saturated heterocycles. The van der Waals surface area contributed by atoms with Gasteiger partial charge >= 0.3 is 17.7 Å². The lowest BCUT2D eigenvalue weighted by Crippen LogP contribution is -2.46. The third-order valence-corrected chi connectivity index (χ3v) is 4.87. The topological polar surface area (TPSA) is 129 Å². The van der Waals surface area contributed by atoms with Gasteiger partial charge in [0.15, 0.2) is 5.75 Å². The SMILES string of the molecule is CCCCCOc1c(OC)cc(C2NC(=O)NC(CC)=C2C(=O)OC(C)C)cc1[N+](=O)[O-]. The number of nitrogens with one attached hydrogen (secondary N) is 2. The van der Waals surface area contributed by atoms with E-state index in [1.54, 1.807) is 20.8 Å². The summed E-state index contributed by atoms with van der Waals surface area (Å²) in [5.74, 6) is -0.451. The molecule has 1 aliphatic heterocycles. The predicted octanol–water partition coefficient (Wildman–Crippen LogP) is 4.14. The highest BCUT2D eigenvalue weighted by Gasteiger charge is 2.36. The Kier molecular flexibility index (Phi) is 8.86. The van der Waals surface area contributed by atoms with E-state index in [4.69, 9.17) is 14.2 Å². The minimum absolute atomic E-state index is 0.0172. The van der Waals surface area contributed by atoms with E-state index in [1.807, 2.05) is 6.92 Å². The Bertz CT molecular complexity index is 896. The van der Waals surface area contributed by atoms with Gasteiger partial charge in [0.2, 0.25) is 5.75 Å². The van der Waals surface area contributed by atoms with Crippen LogP contribution >= 0.6 is 0 Å². The maximum Gasteiger partial charge on any atom is 0.338 e. The van der Waals surface area contributed by atoms with Crippen LogP contribution in [0.4, 0.5) is 10.5 Å². The largest absolute Gasteiger partial charge is 0.493 e. The Labute approximate surface area is 187 Å². The Balaban J connectivity index is 2.57. The number of allylic oxidation sites excluding steroid dienone is 1. The maximum atomic E-state index is 12.9. The minimum atomic E-state index is -0.952. The van der Waals surface area contributed by atoms with Gasteiger partial charge in [-0.1, -0.05) is 26.7 Å². The molecule has 1 atom stereocenters. The molecule has 1 heterocycles. The zero-order chi connectivity index (χ0) is 23.8. The van der Waals surface area contributed by atoms with Crippen LogP contribution in [0.25, 0.3) is 0 Å². The van der Waals surface area contributed by atoms with Crippen molar-refractivity contribution < 1.29 is 28.7 Å². The first-order valence-corrected chi connectivity index (χ1v) is 10.7. The molecule has 0 bridgehead atoms. The van der Waals surface area contributed by atoms with Gasteiger partial charge in [-0.3, -0.25) is 10.1 Å². The third-order valence-electron chi connectivity index (χ3n) is 4.87. The van der Waals surface area contributed by atoms with Crippen LogP contribution in [0, 0.1) is 10.1 Å². The van der Waals surface area contributed by atoms with Crippen molar-refractivity contribution in [2.45, 2.75) is 65.5 Å². The molecule has 0 spiro atoms. The number of rotatable bonds is 11. The Morgan fingerprint density at radius 2 is 1.97 bits per heavy atom. The van der Waals surface area contributed by atoms with E-state index >= 15 is 0 Å².